The third kappa shape index (κ3) is 3.90. The summed E-state index contributed by atoms with van der Waals surface area (Å²) in [6.07, 6.45) is -0.207. The third-order valence-corrected chi connectivity index (χ3v) is 3.75. The predicted molar refractivity (Wildman–Crippen MR) is 87.1 cm³/mol. The lowest BCUT2D eigenvalue weighted by Gasteiger charge is -2.13. The summed E-state index contributed by atoms with van der Waals surface area (Å²) in [6.45, 7) is 1.32. The van der Waals surface area contributed by atoms with E-state index in [0.29, 0.717) is 25.3 Å². The van der Waals surface area contributed by atoms with Crippen LogP contribution in [0.4, 0.5) is 14.9 Å². The van der Waals surface area contributed by atoms with Gasteiger partial charge in [0.25, 0.3) is 0 Å². The maximum atomic E-state index is 13.1. The number of ether oxygens (including phenoxy) is 1. The monoisotopic (exact) mass is 328 g/mol. The zero-order valence-corrected chi connectivity index (χ0v) is 13.0. The number of hydrogen-bond acceptors (Lipinski definition) is 3. The third-order valence-electron chi connectivity index (χ3n) is 3.75. The van der Waals surface area contributed by atoms with E-state index >= 15 is 0 Å². The minimum Gasteiger partial charge on any atom is -0.447 e. The van der Waals surface area contributed by atoms with Gasteiger partial charge in [0.05, 0.1) is 13.0 Å². The number of nitrogens with zero attached hydrogens (tertiary/aromatic N) is 1. The Morgan fingerprint density at radius 2 is 1.96 bits per heavy atom. The Bertz CT molecular complexity index is 746. The number of nitrogens with one attached hydrogen (secondary N) is 1. The van der Waals surface area contributed by atoms with Crippen LogP contribution in [0.5, 0.6) is 0 Å². The minimum atomic E-state index is -0.351. The van der Waals surface area contributed by atoms with Crippen molar-refractivity contribution < 1.29 is 18.7 Å². The highest BCUT2D eigenvalue weighted by Gasteiger charge is 2.23. The van der Waals surface area contributed by atoms with Crippen LogP contribution in [0.25, 0.3) is 0 Å². The number of carbonyl (C=O) groups is 2. The molecule has 5 nitrogen and oxygen atoms in total. The summed E-state index contributed by atoms with van der Waals surface area (Å²) in [4.78, 5) is 25.0. The van der Waals surface area contributed by atoms with Gasteiger partial charge in [-0.2, -0.15) is 0 Å². The van der Waals surface area contributed by atoms with Crippen LogP contribution in [0.3, 0.4) is 0 Å². The SMILES string of the molecule is O=C(Cc1cccc(F)c1)NCc1ccc(N2CCOC2=O)cc1. The first-order chi connectivity index (χ1) is 11.6. The van der Waals surface area contributed by atoms with Gasteiger partial charge < -0.3 is 10.1 Å². The second kappa shape index (κ2) is 7.12. The van der Waals surface area contributed by atoms with Crippen molar-refractivity contribution in [2.75, 3.05) is 18.1 Å². The Morgan fingerprint density at radius 1 is 1.17 bits per heavy atom. The van der Waals surface area contributed by atoms with E-state index in [1.807, 2.05) is 24.3 Å². The molecule has 1 saturated heterocycles. The van der Waals surface area contributed by atoms with E-state index in [1.165, 1.54) is 12.1 Å². The first-order valence-corrected chi connectivity index (χ1v) is 7.66. The molecule has 1 aliphatic heterocycles. The largest absolute Gasteiger partial charge is 0.447 e. The lowest BCUT2D eigenvalue weighted by atomic mass is 10.1. The molecule has 2 amide bonds. The number of amides is 2. The van der Waals surface area contributed by atoms with Gasteiger partial charge in [-0.25, -0.2) is 9.18 Å². The molecule has 0 radical (unpaired) electrons. The summed E-state index contributed by atoms with van der Waals surface area (Å²) < 4.78 is 18.0. The van der Waals surface area contributed by atoms with Gasteiger partial charge >= 0.3 is 6.09 Å². The van der Waals surface area contributed by atoms with Gasteiger partial charge in [-0.3, -0.25) is 9.69 Å². The van der Waals surface area contributed by atoms with E-state index in [2.05, 4.69) is 5.32 Å². The number of carbonyl (C=O) groups excluding carboxylic acids is 2. The van der Waals surface area contributed by atoms with Crippen molar-refractivity contribution in [2.45, 2.75) is 13.0 Å². The van der Waals surface area contributed by atoms with Crippen molar-refractivity contribution in [3.05, 3.63) is 65.5 Å². The van der Waals surface area contributed by atoms with Gasteiger partial charge in [-0.05, 0) is 35.4 Å². The standard InChI is InChI=1S/C18H17FN2O3/c19-15-3-1-2-14(10-15)11-17(22)20-12-13-4-6-16(7-5-13)21-8-9-24-18(21)23/h1-7,10H,8-9,11-12H2,(H,20,22). The molecule has 0 aliphatic carbocycles. The van der Waals surface area contributed by atoms with Crippen molar-refractivity contribution in [3.63, 3.8) is 0 Å². The summed E-state index contributed by atoms with van der Waals surface area (Å²) >= 11 is 0. The van der Waals surface area contributed by atoms with Crippen LogP contribution in [0.1, 0.15) is 11.1 Å². The van der Waals surface area contributed by atoms with Crippen molar-refractivity contribution in [2.24, 2.45) is 0 Å². The number of anilines is 1. The van der Waals surface area contributed by atoms with Crippen LogP contribution in [0.2, 0.25) is 0 Å². The molecule has 0 spiro atoms. The Kier molecular flexibility index (Phi) is 4.74. The molecule has 2 aromatic rings. The zero-order valence-electron chi connectivity index (χ0n) is 13.0. The molecule has 2 aromatic carbocycles. The van der Waals surface area contributed by atoms with E-state index in [4.69, 9.17) is 4.74 Å². The number of hydrogen-bond donors (Lipinski definition) is 1. The van der Waals surface area contributed by atoms with Crippen molar-refractivity contribution in [1.82, 2.24) is 5.32 Å². The summed E-state index contributed by atoms with van der Waals surface area (Å²) in [7, 11) is 0. The maximum absolute atomic E-state index is 13.1. The Balaban J connectivity index is 1.53. The Hall–Kier alpha value is -2.89. The molecule has 0 bridgehead atoms. The van der Waals surface area contributed by atoms with Crippen LogP contribution in [-0.2, 0) is 22.5 Å². The van der Waals surface area contributed by atoms with Crippen LogP contribution in [-0.4, -0.2) is 25.2 Å². The highest BCUT2D eigenvalue weighted by Crippen LogP contribution is 2.19. The summed E-state index contributed by atoms with van der Waals surface area (Å²) in [5.74, 6) is -0.524. The van der Waals surface area contributed by atoms with Gasteiger partial charge in [-0.15, -0.1) is 0 Å². The predicted octanol–water partition coefficient (Wildman–Crippen LogP) is 2.64. The van der Waals surface area contributed by atoms with Gasteiger partial charge in [-0.1, -0.05) is 24.3 Å². The van der Waals surface area contributed by atoms with E-state index in [0.717, 1.165) is 11.3 Å². The molecule has 3 rings (SSSR count). The number of cyclic esters (lactones) is 1. The second-order valence-electron chi connectivity index (χ2n) is 5.52. The lowest BCUT2D eigenvalue weighted by molar-refractivity contribution is -0.120. The van der Waals surface area contributed by atoms with Gasteiger partial charge in [0, 0.05) is 12.2 Å². The van der Waals surface area contributed by atoms with E-state index in [9.17, 15) is 14.0 Å². The smallest absolute Gasteiger partial charge is 0.414 e. The number of halogens is 1. The maximum Gasteiger partial charge on any atom is 0.414 e. The fraction of sp³-hybridized carbons (Fsp3) is 0.222. The molecule has 1 fully saturated rings. The van der Waals surface area contributed by atoms with Crippen LogP contribution in [0, 0.1) is 5.82 Å². The molecule has 124 valence electrons. The average molecular weight is 328 g/mol. The van der Waals surface area contributed by atoms with Crippen LogP contribution in [0.15, 0.2) is 48.5 Å². The zero-order chi connectivity index (χ0) is 16.9. The fourth-order valence-corrected chi connectivity index (χ4v) is 2.52. The van der Waals surface area contributed by atoms with Crippen molar-refractivity contribution >= 4 is 17.7 Å². The average Bonchev–Trinajstić information content (AvgIpc) is 2.99. The van der Waals surface area contributed by atoms with Crippen molar-refractivity contribution in [1.29, 1.82) is 0 Å². The summed E-state index contributed by atoms with van der Waals surface area (Å²) in [5.41, 5.74) is 2.32. The van der Waals surface area contributed by atoms with Gasteiger partial charge in [0.1, 0.15) is 12.4 Å². The number of benzene rings is 2. The topological polar surface area (TPSA) is 58.6 Å². The summed E-state index contributed by atoms with van der Waals surface area (Å²) in [5, 5.41) is 2.80. The van der Waals surface area contributed by atoms with Crippen molar-refractivity contribution in [3.8, 4) is 0 Å². The van der Waals surface area contributed by atoms with Gasteiger partial charge in [0.15, 0.2) is 0 Å². The summed E-state index contributed by atoms with van der Waals surface area (Å²) in [6, 6.07) is 13.3. The molecule has 1 aliphatic rings. The molecule has 0 saturated carbocycles. The molecule has 24 heavy (non-hydrogen) atoms. The highest BCUT2D eigenvalue weighted by molar-refractivity contribution is 5.89. The van der Waals surface area contributed by atoms with Gasteiger partial charge in [0.2, 0.25) is 5.91 Å². The molecular weight excluding hydrogens is 311 g/mol. The number of rotatable bonds is 5. The van der Waals surface area contributed by atoms with E-state index in [1.54, 1.807) is 17.0 Å². The van der Waals surface area contributed by atoms with E-state index in [-0.39, 0.29) is 24.2 Å². The molecule has 1 N–H and O–H groups in total. The lowest BCUT2D eigenvalue weighted by Crippen LogP contribution is -2.25. The molecule has 1 heterocycles. The normalized spacial score (nSPS) is 13.7. The highest BCUT2D eigenvalue weighted by atomic mass is 19.1. The molecule has 0 atom stereocenters. The molecule has 0 unspecified atom stereocenters. The fourth-order valence-electron chi connectivity index (χ4n) is 2.52. The Labute approximate surface area is 139 Å². The Morgan fingerprint density at radius 3 is 2.62 bits per heavy atom. The quantitative estimate of drug-likeness (QED) is 0.918. The molecule has 0 aromatic heterocycles. The molecular formula is C18H17FN2O3. The first-order valence-electron chi connectivity index (χ1n) is 7.66. The second-order valence-corrected chi connectivity index (χ2v) is 5.52. The van der Waals surface area contributed by atoms with Crippen LogP contribution < -0.4 is 10.2 Å². The first kappa shape index (κ1) is 16.0. The van der Waals surface area contributed by atoms with E-state index < -0.39 is 0 Å². The molecule has 6 heteroatoms. The minimum absolute atomic E-state index is 0.134. The van der Waals surface area contributed by atoms with Crippen LogP contribution >= 0.6 is 0 Å².